The molecule has 0 spiro atoms. The van der Waals surface area contributed by atoms with Gasteiger partial charge in [-0.15, -0.1) is 0 Å². The molecule has 3 aromatic rings. The number of carbonyl (C=O) groups is 1. The zero-order chi connectivity index (χ0) is 20.7. The summed E-state index contributed by atoms with van der Waals surface area (Å²) in [4.78, 5) is 35.6. The molecule has 1 aliphatic carbocycles. The minimum Gasteiger partial charge on any atom is -0.508 e. The molecule has 1 saturated carbocycles. The van der Waals surface area contributed by atoms with Crippen LogP contribution in [0.4, 0.5) is 5.95 Å². The molecule has 10 heteroatoms. The van der Waals surface area contributed by atoms with Crippen LogP contribution in [0.15, 0.2) is 47.5 Å². The van der Waals surface area contributed by atoms with Crippen molar-refractivity contribution in [1.29, 1.82) is 0 Å². The number of aliphatic hydroxyl groups is 2. The van der Waals surface area contributed by atoms with E-state index in [1.165, 1.54) is 30.6 Å². The largest absolute Gasteiger partial charge is 0.508 e. The van der Waals surface area contributed by atoms with Gasteiger partial charge in [0.05, 0.1) is 25.1 Å². The monoisotopic (exact) mass is 397 g/mol. The van der Waals surface area contributed by atoms with E-state index in [0.29, 0.717) is 12.0 Å². The first-order valence-electron chi connectivity index (χ1n) is 8.94. The number of aromatic nitrogens is 4. The maximum absolute atomic E-state index is 12.4. The summed E-state index contributed by atoms with van der Waals surface area (Å²) in [6.45, 7) is 3.74. The van der Waals surface area contributed by atoms with Gasteiger partial charge in [-0.1, -0.05) is 6.58 Å². The third-order valence-electron chi connectivity index (χ3n) is 5.16. The maximum Gasteiger partial charge on any atom is 0.280 e. The van der Waals surface area contributed by atoms with Crippen LogP contribution in [-0.4, -0.2) is 53.5 Å². The van der Waals surface area contributed by atoms with Crippen molar-refractivity contribution in [3.05, 3.63) is 58.7 Å². The summed E-state index contributed by atoms with van der Waals surface area (Å²) in [5.74, 6) is -1.02. The minimum absolute atomic E-state index is 0.0265. The van der Waals surface area contributed by atoms with Crippen molar-refractivity contribution in [3.8, 4) is 5.75 Å². The molecule has 0 unspecified atom stereocenters. The Morgan fingerprint density at radius 2 is 2.07 bits per heavy atom. The van der Waals surface area contributed by atoms with Crippen LogP contribution in [0.5, 0.6) is 5.75 Å². The van der Waals surface area contributed by atoms with Gasteiger partial charge in [0.1, 0.15) is 5.75 Å². The second kappa shape index (κ2) is 7.15. The molecule has 0 bridgehead atoms. The zero-order valence-corrected chi connectivity index (χ0v) is 15.2. The zero-order valence-electron chi connectivity index (χ0n) is 15.2. The van der Waals surface area contributed by atoms with Crippen molar-refractivity contribution in [3.63, 3.8) is 0 Å². The molecule has 2 heterocycles. The van der Waals surface area contributed by atoms with Crippen molar-refractivity contribution in [1.82, 2.24) is 19.5 Å². The predicted octanol–water partition coefficient (Wildman–Crippen LogP) is 0.548. The molecule has 4 rings (SSSR count). The molecule has 10 nitrogen and oxygen atoms in total. The molecule has 0 saturated heterocycles. The van der Waals surface area contributed by atoms with E-state index in [1.54, 1.807) is 4.57 Å². The number of aromatic hydroxyl groups is 1. The molecule has 1 aliphatic rings. The number of aliphatic hydroxyl groups excluding tert-OH is 2. The molecule has 5 N–H and O–H groups in total. The van der Waals surface area contributed by atoms with Gasteiger partial charge in [-0.3, -0.25) is 19.9 Å². The number of fused-ring (bicyclic) bond motifs is 1. The summed E-state index contributed by atoms with van der Waals surface area (Å²) in [6.07, 6.45) is 0.977. The highest BCUT2D eigenvalue weighted by Crippen LogP contribution is 2.39. The highest BCUT2D eigenvalue weighted by atomic mass is 16.3. The van der Waals surface area contributed by atoms with E-state index in [9.17, 15) is 24.9 Å². The first-order chi connectivity index (χ1) is 13.9. The second-order valence-electron chi connectivity index (χ2n) is 6.92. The van der Waals surface area contributed by atoms with Crippen LogP contribution in [0.2, 0.25) is 0 Å². The van der Waals surface area contributed by atoms with Gasteiger partial charge in [-0.05, 0) is 36.3 Å². The van der Waals surface area contributed by atoms with Crippen LogP contribution in [-0.2, 0) is 0 Å². The van der Waals surface area contributed by atoms with E-state index >= 15 is 0 Å². The first-order valence-corrected chi connectivity index (χ1v) is 8.94. The number of imidazole rings is 1. The number of anilines is 1. The lowest BCUT2D eigenvalue weighted by Crippen LogP contribution is -2.19. The lowest BCUT2D eigenvalue weighted by molar-refractivity contribution is 0.101. The van der Waals surface area contributed by atoms with E-state index in [4.69, 9.17) is 0 Å². The van der Waals surface area contributed by atoms with Crippen LogP contribution in [0.1, 0.15) is 22.8 Å². The summed E-state index contributed by atoms with van der Waals surface area (Å²) in [6, 6.07) is 5.23. The Hall–Kier alpha value is -3.50. The predicted molar refractivity (Wildman–Crippen MR) is 104 cm³/mol. The third kappa shape index (κ3) is 3.28. The van der Waals surface area contributed by atoms with E-state index in [0.717, 1.165) is 0 Å². The Bertz CT molecular complexity index is 1150. The van der Waals surface area contributed by atoms with E-state index in [2.05, 4.69) is 26.8 Å². The second-order valence-corrected chi connectivity index (χ2v) is 6.92. The quantitative estimate of drug-likeness (QED) is 0.403. The molecule has 0 radical (unpaired) electrons. The average Bonchev–Trinajstić information content (AvgIpc) is 3.22. The van der Waals surface area contributed by atoms with E-state index in [-0.39, 0.29) is 41.1 Å². The number of amides is 1. The highest BCUT2D eigenvalue weighted by Gasteiger charge is 2.38. The number of nitrogens with zero attached hydrogens (tertiary/aromatic N) is 3. The molecule has 3 atom stereocenters. The van der Waals surface area contributed by atoms with Crippen molar-refractivity contribution < 1.29 is 20.1 Å². The number of phenolic OH excluding ortho intramolecular Hbond substituents is 1. The number of hydrogen-bond donors (Lipinski definition) is 5. The molecule has 0 aliphatic heterocycles. The number of phenols is 1. The van der Waals surface area contributed by atoms with Crippen molar-refractivity contribution >= 4 is 23.0 Å². The van der Waals surface area contributed by atoms with E-state index in [1.807, 2.05) is 0 Å². The lowest BCUT2D eigenvalue weighted by atomic mass is 10.0. The Kier molecular flexibility index (Phi) is 4.65. The molecule has 150 valence electrons. The van der Waals surface area contributed by atoms with Crippen molar-refractivity contribution in [2.75, 3.05) is 11.9 Å². The van der Waals surface area contributed by atoms with Crippen LogP contribution in [0, 0.1) is 5.92 Å². The van der Waals surface area contributed by atoms with Crippen molar-refractivity contribution in [2.45, 2.75) is 18.6 Å². The number of carbonyl (C=O) groups excluding carboxylic acids is 1. The summed E-state index contributed by atoms with van der Waals surface area (Å²) in [5, 5.41) is 31.5. The smallest absolute Gasteiger partial charge is 0.280 e. The third-order valence-corrected chi connectivity index (χ3v) is 5.16. The number of H-pyrrole nitrogens is 1. The number of hydrogen-bond acceptors (Lipinski definition) is 7. The molecule has 29 heavy (non-hydrogen) atoms. The summed E-state index contributed by atoms with van der Waals surface area (Å²) in [7, 11) is 0. The molecular formula is C19H19N5O5. The normalized spacial score (nSPS) is 21.6. The molecule has 1 fully saturated rings. The highest BCUT2D eigenvalue weighted by molar-refractivity contribution is 6.03. The Morgan fingerprint density at radius 3 is 2.72 bits per heavy atom. The number of rotatable bonds is 4. The molecular weight excluding hydrogens is 378 g/mol. The fourth-order valence-electron chi connectivity index (χ4n) is 3.58. The van der Waals surface area contributed by atoms with Crippen LogP contribution >= 0.6 is 0 Å². The van der Waals surface area contributed by atoms with Gasteiger partial charge in [0.15, 0.2) is 11.2 Å². The summed E-state index contributed by atoms with van der Waals surface area (Å²) >= 11 is 0. The Morgan fingerprint density at radius 1 is 1.34 bits per heavy atom. The first kappa shape index (κ1) is 18.8. The standard InChI is InChI=1S/C19H19N5O5/c1-9-12(7-25)14(27)6-13(9)24-8-20-15-16(24)21-19(23-18(15)29)22-17(28)10-2-4-11(26)5-3-10/h2-5,8,12-14,25-27H,1,6-7H2,(H2,21,22,23,28,29)/t12-,13-,14-/m0/s1. The molecule has 2 aromatic heterocycles. The van der Waals surface area contributed by atoms with Gasteiger partial charge in [0.2, 0.25) is 5.95 Å². The number of aromatic amines is 1. The fourth-order valence-corrected chi connectivity index (χ4v) is 3.58. The number of nitrogens with one attached hydrogen (secondary N) is 2. The maximum atomic E-state index is 12.4. The van der Waals surface area contributed by atoms with E-state index < -0.39 is 23.5 Å². The SMILES string of the molecule is C=C1[C@H](CO)[C@@H](O)C[C@@H]1n1cnc2c(=O)[nH]c(NC(=O)c3ccc(O)cc3)nc21. The van der Waals surface area contributed by atoms with Crippen LogP contribution in [0.3, 0.4) is 0 Å². The number of benzene rings is 1. The Balaban J connectivity index is 1.69. The van der Waals surface area contributed by atoms with Crippen LogP contribution < -0.4 is 10.9 Å². The van der Waals surface area contributed by atoms with Crippen LogP contribution in [0.25, 0.3) is 11.2 Å². The van der Waals surface area contributed by atoms with Gasteiger partial charge >= 0.3 is 0 Å². The lowest BCUT2D eigenvalue weighted by Gasteiger charge is -2.15. The fraction of sp³-hybridized carbons (Fsp3) is 0.263. The van der Waals surface area contributed by atoms with Gasteiger partial charge in [0.25, 0.3) is 11.5 Å². The minimum atomic E-state index is -0.759. The van der Waals surface area contributed by atoms with Gasteiger partial charge in [0, 0.05) is 11.5 Å². The van der Waals surface area contributed by atoms with Gasteiger partial charge in [-0.25, -0.2) is 4.98 Å². The topological polar surface area (TPSA) is 153 Å². The average molecular weight is 397 g/mol. The Labute approximate surface area is 164 Å². The van der Waals surface area contributed by atoms with Gasteiger partial charge in [-0.2, -0.15) is 4.98 Å². The summed E-state index contributed by atoms with van der Waals surface area (Å²) in [5.41, 5.74) is 0.680. The van der Waals surface area contributed by atoms with Crippen molar-refractivity contribution in [2.24, 2.45) is 5.92 Å². The summed E-state index contributed by atoms with van der Waals surface area (Å²) < 4.78 is 1.61. The molecule has 1 amide bonds. The van der Waals surface area contributed by atoms with Gasteiger partial charge < -0.3 is 19.9 Å². The molecule has 1 aromatic carbocycles.